The molecule has 0 nitrogen and oxygen atoms in total. The second-order valence-electron chi connectivity index (χ2n) is 11.3. The maximum Gasteiger partial charge on any atom is 0.0149 e. The summed E-state index contributed by atoms with van der Waals surface area (Å²) in [6.45, 7) is 0. The first-order valence-corrected chi connectivity index (χ1v) is 12.9. The molecular formula is C29H36. The third kappa shape index (κ3) is 1.82. The number of hydrogen-bond acceptors (Lipinski definition) is 0. The SMILES string of the molecule is C1=C2CCCC3CCCCC23C23CCCCC24CCCCC4=c2ccccc2=C13. The maximum absolute atomic E-state index is 2.83. The molecule has 4 unspecified atom stereocenters. The van der Waals surface area contributed by atoms with Crippen molar-refractivity contribution in [3.8, 4) is 0 Å². The van der Waals surface area contributed by atoms with Gasteiger partial charge in [0.2, 0.25) is 0 Å². The zero-order valence-corrected chi connectivity index (χ0v) is 18.1. The molecule has 4 fully saturated rings. The quantitative estimate of drug-likeness (QED) is 0.484. The minimum Gasteiger partial charge on any atom is -0.0625 e. The monoisotopic (exact) mass is 384 g/mol. The van der Waals surface area contributed by atoms with Crippen molar-refractivity contribution < 1.29 is 0 Å². The lowest BCUT2D eigenvalue weighted by Crippen LogP contribution is -2.63. The van der Waals surface area contributed by atoms with Crippen molar-refractivity contribution in [3.63, 3.8) is 0 Å². The Morgan fingerprint density at radius 3 is 2.38 bits per heavy atom. The molecule has 0 aliphatic heterocycles. The third-order valence-electron chi connectivity index (χ3n) is 10.8. The fraction of sp³-hybridized carbons (Fsp3) is 0.655. The Labute approximate surface area is 176 Å². The molecule has 1 aromatic carbocycles. The van der Waals surface area contributed by atoms with E-state index in [2.05, 4.69) is 30.3 Å². The van der Waals surface area contributed by atoms with E-state index >= 15 is 0 Å². The highest BCUT2D eigenvalue weighted by molar-refractivity contribution is 5.80. The van der Waals surface area contributed by atoms with Crippen molar-refractivity contribution in [2.45, 2.75) is 96.3 Å². The van der Waals surface area contributed by atoms with Crippen molar-refractivity contribution in [3.05, 3.63) is 46.4 Å². The van der Waals surface area contributed by atoms with Crippen LogP contribution in [0.1, 0.15) is 96.3 Å². The minimum atomic E-state index is 0.448. The normalized spacial score (nSPS) is 42.6. The highest BCUT2D eigenvalue weighted by Crippen LogP contribution is 2.80. The van der Waals surface area contributed by atoms with Gasteiger partial charge in [-0.05, 0) is 86.1 Å². The number of benzene rings is 1. The Morgan fingerprint density at radius 2 is 1.45 bits per heavy atom. The Balaban J connectivity index is 1.65. The molecule has 3 spiro atoms. The van der Waals surface area contributed by atoms with Crippen LogP contribution in [0.4, 0.5) is 0 Å². The van der Waals surface area contributed by atoms with Crippen LogP contribution in [0.25, 0.3) is 11.1 Å². The van der Waals surface area contributed by atoms with Crippen LogP contribution < -0.4 is 10.4 Å². The van der Waals surface area contributed by atoms with Crippen molar-refractivity contribution in [1.82, 2.24) is 0 Å². The van der Waals surface area contributed by atoms with E-state index in [-0.39, 0.29) is 0 Å². The van der Waals surface area contributed by atoms with Crippen molar-refractivity contribution in [2.75, 3.05) is 0 Å². The average Bonchev–Trinajstić information content (AvgIpc) is 3.07. The molecular weight excluding hydrogens is 348 g/mol. The summed E-state index contributed by atoms with van der Waals surface area (Å²) in [5, 5.41) is 3.32. The molecule has 6 aliphatic carbocycles. The molecule has 0 N–H and O–H groups in total. The first-order valence-electron chi connectivity index (χ1n) is 12.9. The maximum atomic E-state index is 2.83. The lowest BCUT2D eigenvalue weighted by Gasteiger charge is -2.68. The summed E-state index contributed by atoms with van der Waals surface area (Å²) in [4.78, 5) is 0. The Hall–Kier alpha value is -1.30. The molecule has 0 bridgehead atoms. The van der Waals surface area contributed by atoms with Gasteiger partial charge in [0.1, 0.15) is 0 Å². The van der Waals surface area contributed by atoms with Crippen LogP contribution in [0, 0.1) is 22.2 Å². The minimum absolute atomic E-state index is 0.448. The van der Waals surface area contributed by atoms with E-state index in [1.165, 1.54) is 96.3 Å². The predicted molar refractivity (Wildman–Crippen MR) is 121 cm³/mol. The van der Waals surface area contributed by atoms with E-state index in [0.29, 0.717) is 16.2 Å². The molecule has 0 heterocycles. The van der Waals surface area contributed by atoms with Crippen LogP contribution in [-0.2, 0) is 0 Å². The van der Waals surface area contributed by atoms with Gasteiger partial charge in [0, 0.05) is 16.2 Å². The first-order chi connectivity index (χ1) is 14.3. The summed E-state index contributed by atoms with van der Waals surface area (Å²) in [7, 11) is 0. The molecule has 6 aliphatic rings. The molecule has 0 aromatic heterocycles. The van der Waals surface area contributed by atoms with E-state index in [4.69, 9.17) is 0 Å². The molecule has 0 heteroatoms. The van der Waals surface area contributed by atoms with Gasteiger partial charge in [0.15, 0.2) is 0 Å². The summed E-state index contributed by atoms with van der Waals surface area (Å²) >= 11 is 0. The zero-order valence-electron chi connectivity index (χ0n) is 18.1. The molecule has 0 amide bonds. The van der Waals surface area contributed by atoms with Crippen LogP contribution >= 0.6 is 0 Å². The first kappa shape index (κ1) is 17.4. The van der Waals surface area contributed by atoms with Crippen molar-refractivity contribution in [1.29, 1.82) is 0 Å². The van der Waals surface area contributed by atoms with Crippen LogP contribution in [0.2, 0.25) is 0 Å². The van der Waals surface area contributed by atoms with E-state index in [9.17, 15) is 0 Å². The van der Waals surface area contributed by atoms with Crippen LogP contribution in [0.5, 0.6) is 0 Å². The number of fused-ring (bicyclic) bond motifs is 1. The topological polar surface area (TPSA) is 0 Å². The van der Waals surface area contributed by atoms with Gasteiger partial charge in [-0.15, -0.1) is 0 Å². The third-order valence-corrected chi connectivity index (χ3v) is 10.8. The molecule has 29 heavy (non-hydrogen) atoms. The summed E-state index contributed by atoms with van der Waals surface area (Å²) in [6, 6.07) is 9.66. The lowest BCUT2D eigenvalue weighted by atomic mass is 9.35. The van der Waals surface area contributed by atoms with E-state index in [0.717, 1.165) is 5.92 Å². The Kier molecular flexibility index (Phi) is 3.53. The van der Waals surface area contributed by atoms with Gasteiger partial charge < -0.3 is 0 Å². The van der Waals surface area contributed by atoms with Crippen LogP contribution in [-0.4, -0.2) is 0 Å². The molecule has 4 atom stereocenters. The van der Waals surface area contributed by atoms with Crippen molar-refractivity contribution in [2.24, 2.45) is 22.2 Å². The van der Waals surface area contributed by atoms with E-state index < -0.39 is 0 Å². The predicted octanol–water partition coefficient (Wildman–Crippen LogP) is 6.42. The summed E-state index contributed by atoms with van der Waals surface area (Å²) in [5.74, 6) is 0.970. The van der Waals surface area contributed by atoms with Gasteiger partial charge >= 0.3 is 0 Å². The average molecular weight is 385 g/mol. The molecule has 4 saturated carbocycles. The van der Waals surface area contributed by atoms with Crippen molar-refractivity contribution >= 4 is 11.1 Å². The second kappa shape index (κ2) is 5.89. The Morgan fingerprint density at radius 1 is 0.690 bits per heavy atom. The largest absolute Gasteiger partial charge is 0.0625 e. The van der Waals surface area contributed by atoms with Gasteiger partial charge in [0.25, 0.3) is 0 Å². The van der Waals surface area contributed by atoms with E-state index in [1.807, 2.05) is 16.7 Å². The number of hydrogen-bond donors (Lipinski definition) is 0. The standard InChI is InChI=1S/C29H36/c1-2-14-24-23(13-1)25-15-4-5-16-27(25)17-7-8-19-29(27)26(24)20-22-12-9-11-21-10-3-6-18-28(21,22)29/h1-2,13-14,20-21H,3-12,15-19H2. The molecule has 152 valence electrons. The fourth-order valence-corrected chi connectivity index (χ4v) is 10.3. The number of allylic oxidation sites excluding steroid dienone is 2. The van der Waals surface area contributed by atoms with E-state index in [1.54, 1.807) is 10.4 Å². The van der Waals surface area contributed by atoms with Gasteiger partial charge in [-0.25, -0.2) is 0 Å². The number of rotatable bonds is 0. The van der Waals surface area contributed by atoms with Crippen LogP contribution in [0.3, 0.4) is 0 Å². The molecule has 0 saturated heterocycles. The smallest absolute Gasteiger partial charge is 0.0149 e. The van der Waals surface area contributed by atoms with Crippen LogP contribution in [0.15, 0.2) is 35.9 Å². The zero-order chi connectivity index (χ0) is 19.1. The molecule has 1 aromatic rings. The summed E-state index contributed by atoms with van der Waals surface area (Å²) < 4.78 is 0. The van der Waals surface area contributed by atoms with Gasteiger partial charge in [-0.2, -0.15) is 0 Å². The molecule has 7 rings (SSSR count). The molecule has 0 radical (unpaired) electrons. The lowest BCUT2D eigenvalue weighted by molar-refractivity contribution is -0.0895. The summed E-state index contributed by atoms with van der Waals surface area (Å²) in [6.07, 6.45) is 24.8. The van der Waals surface area contributed by atoms with Gasteiger partial charge in [-0.1, -0.05) is 73.6 Å². The summed E-state index contributed by atoms with van der Waals surface area (Å²) in [5.41, 5.74) is 7.13. The second-order valence-corrected chi connectivity index (χ2v) is 11.3. The highest BCUT2D eigenvalue weighted by atomic mass is 14.7. The Bertz CT molecular complexity index is 1020. The van der Waals surface area contributed by atoms with Gasteiger partial charge in [-0.3, -0.25) is 0 Å². The highest BCUT2D eigenvalue weighted by Gasteiger charge is 2.71. The van der Waals surface area contributed by atoms with Gasteiger partial charge in [0.05, 0.1) is 0 Å². The fourth-order valence-electron chi connectivity index (χ4n) is 10.3.